The van der Waals surface area contributed by atoms with Crippen LogP contribution in [-0.4, -0.2) is 0 Å². The fourth-order valence-corrected chi connectivity index (χ4v) is 4.41. The van der Waals surface area contributed by atoms with Crippen molar-refractivity contribution in [1.29, 1.82) is 0 Å². The van der Waals surface area contributed by atoms with Crippen molar-refractivity contribution in [2.24, 2.45) is 0 Å². The van der Waals surface area contributed by atoms with E-state index in [9.17, 15) is 0 Å². The van der Waals surface area contributed by atoms with Crippen molar-refractivity contribution in [3.63, 3.8) is 0 Å². The zero-order valence-electron chi connectivity index (χ0n) is 7.14. The fraction of sp³-hybridized carbons (Fsp3) is 0.111. The zero-order chi connectivity index (χ0) is 11.0. The summed E-state index contributed by atoms with van der Waals surface area (Å²) in [6.45, 7) is 0. The van der Waals surface area contributed by atoms with Crippen LogP contribution in [0.15, 0.2) is 32.0 Å². The molecule has 0 saturated heterocycles. The molecule has 1 atom stereocenters. The molecule has 0 aliphatic heterocycles. The van der Waals surface area contributed by atoms with Gasteiger partial charge in [-0.25, -0.2) is 0 Å². The highest BCUT2D eigenvalue weighted by Crippen LogP contribution is 2.43. The van der Waals surface area contributed by atoms with Crippen LogP contribution in [0.2, 0.25) is 4.34 Å². The molecule has 2 aromatic rings. The molecule has 0 bridgehead atoms. The van der Waals surface area contributed by atoms with Crippen LogP contribution in [0.3, 0.4) is 0 Å². The second-order valence-electron chi connectivity index (χ2n) is 2.78. The number of alkyl halides is 1. The molecule has 0 fully saturated rings. The molecule has 0 radical (unpaired) electrons. The Hall–Kier alpha value is 0.710. The predicted molar refractivity (Wildman–Crippen MR) is 74.2 cm³/mol. The van der Waals surface area contributed by atoms with E-state index < -0.39 is 0 Å². The molecule has 1 unspecified atom stereocenters. The van der Waals surface area contributed by atoms with Crippen LogP contribution in [0.25, 0.3) is 0 Å². The topological polar surface area (TPSA) is 13.1 Å². The molecule has 0 spiro atoms. The maximum Gasteiger partial charge on any atom is 0.173 e. The number of halogens is 4. The molecular weight excluding hydrogens is 431 g/mol. The third kappa shape index (κ3) is 2.52. The van der Waals surface area contributed by atoms with Gasteiger partial charge in [-0.3, -0.25) is 0 Å². The van der Waals surface area contributed by atoms with Crippen LogP contribution in [0.1, 0.15) is 15.3 Å². The molecule has 2 heterocycles. The Morgan fingerprint density at radius 1 is 1.40 bits per heavy atom. The van der Waals surface area contributed by atoms with Gasteiger partial charge in [0.2, 0.25) is 0 Å². The second kappa shape index (κ2) is 4.92. The van der Waals surface area contributed by atoms with Gasteiger partial charge in [-0.2, -0.15) is 0 Å². The number of hydrogen-bond donors (Lipinski definition) is 0. The summed E-state index contributed by atoms with van der Waals surface area (Å²) in [7, 11) is 0. The van der Waals surface area contributed by atoms with Crippen LogP contribution < -0.4 is 0 Å². The summed E-state index contributed by atoms with van der Waals surface area (Å²) in [5.74, 6) is 0. The maximum absolute atomic E-state index is 5.99. The van der Waals surface area contributed by atoms with Crippen LogP contribution in [0, 0.1) is 0 Å². The molecule has 0 N–H and O–H groups in total. The van der Waals surface area contributed by atoms with Crippen LogP contribution in [0.4, 0.5) is 0 Å². The predicted octanol–water partition coefficient (Wildman–Crippen LogP) is 6.00. The first-order valence-electron chi connectivity index (χ1n) is 3.91. The third-order valence-electron chi connectivity index (χ3n) is 1.83. The first kappa shape index (κ1) is 12.2. The molecule has 15 heavy (non-hydrogen) atoms. The molecule has 6 heteroatoms. The van der Waals surface area contributed by atoms with Crippen molar-refractivity contribution in [2.75, 3.05) is 0 Å². The van der Waals surface area contributed by atoms with E-state index in [2.05, 4.69) is 47.8 Å². The lowest BCUT2D eigenvalue weighted by molar-refractivity contribution is 0.538. The standard InChI is InChI=1S/C9H4Br3ClOS/c10-5-3-6(15-9(5)13)7(11)4-1-2-14-8(4)12/h1-3,7H. The smallest absolute Gasteiger partial charge is 0.173 e. The van der Waals surface area contributed by atoms with E-state index in [-0.39, 0.29) is 4.83 Å². The van der Waals surface area contributed by atoms with Gasteiger partial charge in [-0.1, -0.05) is 27.5 Å². The first-order chi connectivity index (χ1) is 7.09. The lowest BCUT2D eigenvalue weighted by Gasteiger charge is -2.04. The Kier molecular flexibility index (Phi) is 3.99. The van der Waals surface area contributed by atoms with E-state index in [1.807, 2.05) is 12.1 Å². The molecule has 0 saturated carbocycles. The minimum Gasteiger partial charge on any atom is -0.457 e. The van der Waals surface area contributed by atoms with Crippen molar-refractivity contribution in [1.82, 2.24) is 0 Å². The van der Waals surface area contributed by atoms with E-state index >= 15 is 0 Å². The van der Waals surface area contributed by atoms with E-state index in [1.54, 1.807) is 6.26 Å². The van der Waals surface area contributed by atoms with Gasteiger partial charge >= 0.3 is 0 Å². The van der Waals surface area contributed by atoms with E-state index in [0.29, 0.717) is 0 Å². The summed E-state index contributed by atoms with van der Waals surface area (Å²) in [4.78, 5) is 1.23. The minimum atomic E-state index is 0.0967. The van der Waals surface area contributed by atoms with Crippen LogP contribution in [-0.2, 0) is 0 Å². The molecule has 2 rings (SSSR count). The Bertz CT molecular complexity index is 460. The first-order valence-corrected chi connectivity index (χ1v) is 7.61. The fourth-order valence-electron chi connectivity index (χ4n) is 1.13. The highest BCUT2D eigenvalue weighted by atomic mass is 79.9. The van der Waals surface area contributed by atoms with Crippen molar-refractivity contribution in [3.8, 4) is 0 Å². The normalized spacial score (nSPS) is 13.1. The Labute approximate surface area is 121 Å². The Balaban J connectivity index is 2.36. The number of hydrogen-bond acceptors (Lipinski definition) is 2. The molecule has 1 nitrogen and oxygen atoms in total. The third-order valence-corrected chi connectivity index (χ3v) is 6.31. The molecule has 80 valence electrons. The summed E-state index contributed by atoms with van der Waals surface area (Å²) in [5, 5.41) is 0. The van der Waals surface area contributed by atoms with E-state index in [0.717, 1.165) is 23.9 Å². The monoisotopic (exact) mass is 432 g/mol. The lowest BCUT2D eigenvalue weighted by Crippen LogP contribution is -1.86. The van der Waals surface area contributed by atoms with Crippen molar-refractivity contribution in [3.05, 3.63) is 42.3 Å². The largest absolute Gasteiger partial charge is 0.457 e. The van der Waals surface area contributed by atoms with E-state index in [1.165, 1.54) is 11.3 Å². The summed E-state index contributed by atoms with van der Waals surface area (Å²) in [5.41, 5.74) is 1.06. The molecular formula is C9H4Br3ClOS. The van der Waals surface area contributed by atoms with Gasteiger partial charge in [0.1, 0.15) is 4.34 Å². The lowest BCUT2D eigenvalue weighted by atomic mass is 10.2. The summed E-state index contributed by atoms with van der Waals surface area (Å²) < 4.78 is 7.61. The highest BCUT2D eigenvalue weighted by Gasteiger charge is 2.18. The van der Waals surface area contributed by atoms with Gasteiger partial charge in [0.15, 0.2) is 4.67 Å². The second-order valence-corrected chi connectivity index (χ2v) is 6.96. The number of furan rings is 1. The SMILES string of the molecule is Clc1sc(C(Br)c2ccoc2Br)cc1Br. The minimum absolute atomic E-state index is 0.0967. The van der Waals surface area contributed by atoms with Crippen molar-refractivity contribution < 1.29 is 4.42 Å². The molecule has 0 aliphatic carbocycles. The van der Waals surface area contributed by atoms with Gasteiger partial charge in [0.05, 0.1) is 11.1 Å². The molecule has 0 aliphatic rings. The highest BCUT2D eigenvalue weighted by molar-refractivity contribution is 9.11. The van der Waals surface area contributed by atoms with Gasteiger partial charge < -0.3 is 4.42 Å². The summed E-state index contributed by atoms with van der Waals surface area (Å²) in [6, 6.07) is 3.93. The number of rotatable bonds is 2. The van der Waals surface area contributed by atoms with E-state index in [4.69, 9.17) is 16.0 Å². The maximum atomic E-state index is 5.99. The zero-order valence-corrected chi connectivity index (χ0v) is 13.5. The van der Waals surface area contributed by atoms with Gasteiger partial charge in [0.25, 0.3) is 0 Å². The molecule has 2 aromatic heterocycles. The van der Waals surface area contributed by atoms with Crippen LogP contribution >= 0.6 is 70.7 Å². The van der Waals surface area contributed by atoms with Crippen LogP contribution in [0.5, 0.6) is 0 Å². The van der Waals surface area contributed by atoms with Crippen molar-refractivity contribution >= 4 is 70.7 Å². The summed E-state index contributed by atoms with van der Waals surface area (Å²) >= 11 is 17.9. The molecule has 0 amide bonds. The average molecular weight is 435 g/mol. The number of thiophene rings is 1. The van der Waals surface area contributed by atoms with Crippen molar-refractivity contribution in [2.45, 2.75) is 4.83 Å². The van der Waals surface area contributed by atoms with Gasteiger partial charge in [-0.15, -0.1) is 11.3 Å². The Morgan fingerprint density at radius 2 is 2.13 bits per heavy atom. The Morgan fingerprint density at radius 3 is 2.60 bits per heavy atom. The van der Waals surface area contributed by atoms with Gasteiger partial charge in [-0.05, 0) is 44.0 Å². The average Bonchev–Trinajstić information content (AvgIpc) is 2.74. The summed E-state index contributed by atoms with van der Waals surface area (Å²) in [6.07, 6.45) is 1.65. The van der Waals surface area contributed by atoms with Gasteiger partial charge in [0, 0.05) is 14.9 Å². The molecule has 0 aromatic carbocycles. The quantitative estimate of drug-likeness (QED) is 0.527.